The Bertz CT molecular complexity index is 503. The maximum Gasteiger partial charge on any atom is 0.0570 e. The number of hydrogen-bond acceptors (Lipinski definition) is 1. The van der Waals surface area contributed by atoms with Gasteiger partial charge in [-0.2, -0.15) is 0 Å². The Morgan fingerprint density at radius 1 is 1.00 bits per heavy atom. The molecule has 1 saturated carbocycles. The fourth-order valence-electron chi connectivity index (χ4n) is 2.16. The fourth-order valence-corrected chi connectivity index (χ4v) is 2.32. The number of benzene rings is 2. The highest BCUT2D eigenvalue weighted by molar-refractivity contribution is 6.26. The lowest BCUT2D eigenvalue weighted by Crippen LogP contribution is -1.87. The van der Waals surface area contributed by atoms with E-state index in [1.54, 1.807) is 0 Å². The van der Waals surface area contributed by atoms with Gasteiger partial charge in [0.2, 0.25) is 0 Å². The van der Waals surface area contributed by atoms with Gasteiger partial charge in [-0.25, -0.2) is 0 Å². The molecule has 0 aromatic heterocycles. The summed E-state index contributed by atoms with van der Waals surface area (Å²) in [5.74, 6) is 0.777. The topological polar surface area (TPSA) is 12.0 Å². The molecule has 0 amide bonds. The molecule has 1 fully saturated rings. The van der Waals surface area contributed by atoms with Crippen molar-refractivity contribution >= 4 is 28.2 Å². The highest BCUT2D eigenvalue weighted by Crippen LogP contribution is 2.44. The molecule has 3 rings (SSSR count). The summed E-state index contributed by atoms with van der Waals surface area (Å²) < 4.78 is 0. The lowest BCUT2D eigenvalue weighted by molar-refractivity contribution is 1.15. The van der Waals surface area contributed by atoms with Crippen molar-refractivity contribution in [2.45, 2.75) is 18.8 Å². The van der Waals surface area contributed by atoms with Crippen molar-refractivity contribution < 1.29 is 0 Å². The molecule has 0 spiro atoms. The molecule has 0 unspecified atom stereocenters. The zero-order valence-corrected chi connectivity index (χ0v) is 9.09. The van der Waals surface area contributed by atoms with E-state index in [0.717, 1.165) is 11.6 Å². The summed E-state index contributed by atoms with van der Waals surface area (Å²) in [4.78, 5) is 2.73. The molecule has 76 valence electrons. The van der Waals surface area contributed by atoms with Crippen molar-refractivity contribution in [2.75, 3.05) is 4.84 Å². The molecule has 0 bridgehead atoms. The summed E-state index contributed by atoms with van der Waals surface area (Å²) in [6.45, 7) is 0. The van der Waals surface area contributed by atoms with Crippen molar-refractivity contribution in [3.05, 3.63) is 42.0 Å². The second kappa shape index (κ2) is 3.42. The third-order valence-corrected chi connectivity index (χ3v) is 3.28. The molecule has 15 heavy (non-hydrogen) atoms. The maximum absolute atomic E-state index is 5.70. The molecule has 1 nitrogen and oxygen atoms in total. The summed E-state index contributed by atoms with van der Waals surface area (Å²) in [5, 5.41) is 2.56. The molecule has 1 aliphatic carbocycles. The monoisotopic (exact) mass is 217 g/mol. The lowest BCUT2D eigenvalue weighted by atomic mass is 10.00. The molecule has 0 radical (unpaired) electrons. The van der Waals surface area contributed by atoms with E-state index in [9.17, 15) is 0 Å². The molecule has 2 heteroatoms. The molecular weight excluding hydrogens is 206 g/mol. The van der Waals surface area contributed by atoms with Crippen molar-refractivity contribution in [3.8, 4) is 0 Å². The van der Waals surface area contributed by atoms with Gasteiger partial charge in [0.15, 0.2) is 0 Å². The lowest BCUT2D eigenvalue weighted by Gasteiger charge is -2.09. The van der Waals surface area contributed by atoms with Gasteiger partial charge in [-0.3, -0.25) is 4.84 Å². The first kappa shape index (κ1) is 9.05. The first-order valence-electron chi connectivity index (χ1n) is 5.28. The number of hydrogen-bond donors (Lipinski definition) is 1. The fraction of sp³-hybridized carbons (Fsp3) is 0.231. The first-order valence-corrected chi connectivity index (χ1v) is 5.66. The number of fused-ring (bicyclic) bond motifs is 1. The number of rotatable bonds is 2. The van der Waals surface area contributed by atoms with Crippen LogP contribution >= 0.6 is 11.8 Å². The van der Waals surface area contributed by atoms with Gasteiger partial charge in [0.1, 0.15) is 0 Å². The number of anilines is 1. The Labute approximate surface area is 94.2 Å². The quantitative estimate of drug-likeness (QED) is 0.741. The molecule has 0 heterocycles. The molecule has 2 aromatic rings. The second-order valence-electron chi connectivity index (χ2n) is 4.12. The van der Waals surface area contributed by atoms with Crippen LogP contribution in [0, 0.1) is 0 Å². The summed E-state index contributed by atoms with van der Waals surface area (Å²) >= 11 is 5.70. The standard InChI is InChI=1S/C13H12ClN/c14-15-13-8-7-10(9-5-6-9)11-3-1-2-4-12(11)13/h1-4,7-9,15H,5-6H2. The van der Waals surface area contributed by atoms with E-state index < -0.39 is 0 Å². The van der Waals surface area contributed by atoms with Crippen molar-refractivity contribution in [2.24, 2.45) is 0 Å². The van der Waals surface area contributed by atoms with E-state index >= 15 is 0 Å². The van der Waals surface area contributed by atoms with E-state index in [4.69, 9.17) is 11.8 Å². The Balaban J connectivity index is 2.30. The van der Waals surface area contributed by atoms with Gasteiger partial charge in [-0.1, -0.05) is 30.3 Å². The van der Waals surface area contributed by atoms with Gasteiger partial charge in [0.25, 0.3) is 0 Å². The molecule has 2 aromatic carbocycles. The van der Waals surface area contributed by atoms with Gasteiger partial charge < -0.3 is 0 Å². The van der Waals surface area contributed by atoms with Crippen LogP contribution < -0.4 is 4.84 Å². The van der Waals surface area contributed by atoms with Crippen LogP contribution in [0.25, 0.3) is 10.8 Å². The van der Waals surface area contributed by atoms with Gasteiger partial charge in [-0.15, -0.1) is 0 Å². The summed E-state index contributed by atoms with van der Waals surface area (Å²) in [7, 11) is 0. The van der Waals surface area contributed by atoms with Crippen LogP contribution in [-0.4, -0.2) is 0 Å². The largest absolute Gasteiger partial charge is 0.298 e. The van der Waals surface area contributed by atoms with Gasteiger partial charge in [0.05, 0.1) is 5.69 Å². The minimum absolute atomic E-state index is 0.777. The van der Waals surface area contributed by atoms with Gasteiger partial charge in [-0.05, 0) is 35.8 Å². The van der Waals surface area contributed by atoms with Gasteiger partial charge in [0, 0.05) is 17.2 Å². The molecule has 0 aliphatic heterocycles. The van der Waals surface area contributed by atoms with Crippen molar-refractivity contribution in [3.63, 3.8) is 0 Å². The smallest absolute Gasteiger partial charge is 0.0570 e. The Hall–Kier alpha value is -1.21. The van der Waals surface area contributed by atoms with Crippen LogP contribution in [0.15, 0.2) is 36.4 Å². The third kappa shape index (κ3) is 1.47. The first-order chi connectivity index (χ1) is 7.40. The van der Waals surface area contributed by atoms with Gasteiger partial charge >= 0.3 is 0 Å². The van der Waals surface area contributed by atoms with Crippen LogP contribution in [0.5, 0.6) is 0 Å². The van der Waals surface area contributed by atoms with Crippen LogP contribution in [0.2, 0.25) is 0 Å². The molecule has 0 saturated heterocycles. The highest BCUT2D eigenvalue weighted by Gasteiger charge is 2.25. The van der Waals surface area contributed by atoms with Crippen LogP contribution in [0.1, 0.15) is 24.3 Å². The summed E-state index contributed by atoms with van der Waals surface area (Å²) in [5.41, 5.74) is 2.47. The maximum atomic E-state index is 5.70. The zero-order chi connectivity index (χ0) is 10.3. The Morgan fingerprint density at radius 2 is 1.73 bits per heavy atom. The minimum Gasteiger partial charge on any atom is -0.298 e. The van der Waals surface area contributed by atoms with Crippen molar-refractivity contribution in [1.29, 1.82) is 0 Å². The third-order valence-electron chi connectivity index (χ3n) is 3.08. The summed E-state index contributed by atoms with van der Waals surface area (Å²) in [6.07, 6.45) is 2.66. The molecule has 1 N–H and O–H groups in total. The SMILES string of the molecule is ClNc1ccc(C2CC2)c2ccccc12. The molecule has 0 atom stereocenters. The summed E-state index contributed by atoms with van der Waals surface area (Å²) in [6, 6.07) is 12.7. The average molecular weight is 218 g/mol. The van der Waals surface area contributed by atoms with Crippen LogP contribution in [0.3, 0.4) is 0 Å². The highest BCUT2D eigenvalue weighted by atomic mass is 35.5. The number of nitrogens with one attached hydrogen (secondary N) is 1. The normalized spacial score (nSPS) is 15.5. The van der Waals surface area contributed by atoms with E-state index in [-0.39, 0.29) is 0 Å². The van der Waals surface area contributed by atoms with E-state index in [0.29, 0.717) is 0 Å². The van der Waals surface area contributed by atoms with E-state index in [1.807, 2.05) is 0 Å². The predicted octanol–water partition coefficient (Wildman–Crippen LogP) is 4.28. The Kier molecular flexibility index (Phi) is 2.06. The average Bonchev–Trinajstić information content (AvgIpc) is 3.11. The van der Waals surface area contributed by atoms with Crippen molar-refractivity contribution in [1.82, 2.24) is 0 Å². The molecule has 1 aliphatic rings. The van der Waals surface area contributed by atoms with Crippen LogP contribution in [0.4, 0.5) is 5.69 Å². The van der Waals surface area contributed by atoms with E-state index in [1.165, 1.54) is 29.2 Å². The van der Waals surface area contributed by atoms with Crippen LogP contribution in [-0.2, 0) is 0 Å². The van der Waals surface area contributed by atoms with E-state index in [2.05, 4.69) is 41.2 Å². The minimum atomic E-state index is 0.777. The Morgan fingerprint density at radius 3 is 2.40 bits per heavy atom. The second-order valence-corrected chi connectivity index (χ2v) is 4.31. The zero-order valence-electron chi connectivity index (χ0n) is 8.33. The molecular formula is C13H12ClN. The number of halogens is 1. The predicted molar refractivity (Wildman–Crippen MR) is 65.4 cm³/mol.